The van der Waals surface area contributed by atoms with Gasteiger partial charge in [-0.05, 0) is 49.8 Å². The maximum Gasteiger partial charge on any atom is 0.189 e. The molecule has 5 nitrogen and oxygen atoms in total. The smallest absolute Gasteiger partial charge is 0.189 e. The molecule has 1 unspecified atom stereocenters. The maximum atomic E-state index is 12.7. The number of fused-ring (bicyclic) bond motifs is 1. The topological polar surface area (TPSA) is 76.0 Å². The van der Waals surface area contributed by atoms with Crippen LogP contribution in [0.15, 0.2) is 42.5 Å². The molecule has 0 bridgehead atoms. The number of hydrogen-bond donors (Lipinski definition) is 2. The second-order valence-electron chi connectivity index (χ2n) is 6.84. The number of aromatic hydroxyl groups is 1. The van der Waals surface area contributed by atoms with Crippen LogP contribution in [-0.4, -0.2) is 34.8 Å². The molecule has 0 aromatic heterocycles. The monoisotopic (exact) mass is 354 g/mol. The van der Waals surface area contributed by atoms with Gasteiger partial charge in [-0.1, -0.05) is 18.2 Å². The van der Waals surface area contributed by atoms with Gasteiger partial charge in [0, 0.05) is 12.0 Å². The number of phenolic OH excluding ortho intramolecular Hbond substituents is 1. The van der Waals surface area contributed by atoms with Crippen molar-refractivity contribution in [2.75, 3.05) is 7.11 Å². The zero-order chi connectivity index (χ0) is 18.9. The number of aliphatic hydroxyl groups is 1. The number of benzene rings is 2. The van der Waals surface area contributed by atoms with Crippen LogP contribution < -0.4 is 9.47 Å². The van der Waals surface area contributed by atoms with Gasteiger partial charge in [0.15, 0.2) is 5.78 Å². The Bertz CT molecular complexity index is 849. The molecule has 0 spiro atoms. The Balaban J connectivity index is 1.96. The Labute approximate surface area is 152 Å². The Kier molecular flexibility index (Phi) is 4.74. The molecule has 1 aliphatic rings. The van der Waals surface area contributed by atoms with Gasteiger partial charge >= 0.3 is 0 Å². The molecule has 2 aromatic rings. The van der Waals surface area contributed by atoms with Gasteiger partial charge in [-0.2, -0.15) is 0 Å². The zero-order valence-electron chi connectivity index (χ0n) is 15.0. The number of phenols is 1. The van der Waals surface area contributed by atoms with Crippen LogP contribution in [0.3, 0.4) is 0 Å². The lowest BCUT2D eigenvalue weighted by molar-refractivity contribution is -0.0420. The molecule has 0 fully saturated rings. The van der Waals surface area contributed by atoms with E-state index in [2.05, 4.69) is 0 Å². The van der Waals surface area contributed by atoms with Crippen molar-refractivity contribution >= 4 is 11.9 Å². The number of allylic oxidation sites excluding steroid dienone is 1. The maximum absolute atomic E-state index is 12.7. The minimum absolute atomic E-state index is 0.173. The van der Waals surface area contributed by atoms with Gasteiger partial charge < -0.3 is 19.7 Å². The molecule has 26 heavy (non-hydrogen) atoms. The van der Waals surface area contributed by atoms with Gasteiger partial charge in [0.05, 0.1) is 18.8 Å². The second kappa shape index (κ2) is 6.84. The van der Waals surface area contributed by atoms with E-state index in [1.165, 1.54) is 6.08 Å². The van der Waals surface area contributed by atoms with E-state index < -0.39 is 11.7 Å². The summed E-state index contributed by atoms with van der Waals surface area (Å²) >= 11 is 0. The van der Waals surface area contributed by atoms with Crippen LogP contribution in [0.2, 0.25) is 0 Å². The second-order valence-corrected chi connectivity index (χ2v) is 6.84. The number of rotatable bonds is 4. The molecule has 0 aliphatic carbocycles. The first-order valence-electron chi connectivity index (χ1n) is 8.40. The van der Waals surface area contributed by atoms with E-state index in [0.29, 0.717) is 29.0 Å². The summed E-state index contributed by atoms with van der Waals surface area (Å²) in [7, 11) is 1.55. The largest absolute Gasteiger partial charge is 0.508 e. The lowest BCUT2D eigenvalue weighted by Crippen LogP contribution is -2.46. The van der Waals surface area contributed by atoms with E-state index in [4.69, 9.17) is 9.47 Å². The van der Waals surface area contributed by atoms with Crippen molar-refractivity contribution in [3.8, 4) is 17.2 Å². The van der Waals surface area contributed by atoms with Crippen molar-refractivity contribution in [2.45, 2.75) is 32.0 Å². The van der Waals surface area contributed by atoms with Crippen LogP contribution in [0, 0.1) is 0 Å². The minimum atomic E-state index is -0.797. The molecule has 3 rings (SSSR count). The molecule has 1 heterocycles. The number of aliphatic hydroxyl groups excluding tert-OH is 1. The highest BCUT2D eigenvalue weighted by atomic mass is 16.5. The molecule has 1 aliphatic heterocycles. The van der Waals surface area contributed by atoms with E-state index >= 15 is 0 Å². The van der Waals surface area contributed by atoms with E-state index in [-0.39, 0.29) is 11.5 Å². The van der Waals surface area contributed by atoms with Gasteiger partial charge in [0.1, 0.15) is 22.8 Å². The van der Waals surface area contributed by atoms with Gasteiger partial charge in [-0.3, -0.25) is 4.79 Å². The van der Waals surface area contributed by atoms with E-state index in [9.17, 15) is 15.0 Å². The van der Waals surface area contributed by atoms with Gasteiger partial charge in [0.25, 0.3) is 0 Å². The number of hydrogen-bond acceptors (Lipinski definition) is 5. The van der Waals surface area contributed by atoms with Crippen molar-refractivity contribution in [1.82, 2.24) is 0 Å². The van der Waals surface area contributed by atoms with E-state index in [1.54, 1.807) is 63.4 Å². The summed E-state index contributed by atoms with van der Waals surface area (Å²) in [5.74, 6) is 1.02. The number of carbonyl (C=O) groups excluding carboxylic acids is 1. The average molecular weight is 354 g/mol. The lowest BCUT2D eigenvalue weighted by atomic mass is 9.88. The highest BCUT2D eigenvalue weighted by Gasteiger charge is 2.38. The van der Waals surface area contributed by atoms with Crippen LogP contribution in [-0.2, 0) is 6.42 Å². The first kappa shape index (κ1) is 18.0. The Morgan fingerprint density at radius 2 is 1.92 bits per heavy atom. The lowest BCUT2D eigenvalue weighted by Gasteiger charge is -2.38. The summed E-state index contributed by atoms with van der Waals surface area (Å²) in [6, 6.07) is 9.96. The summed E-state index contributed by atoms with van der Waals surface area (Å²) in [5.41, 5.74) is 1.13. The first-order valence-corrected chi connectivity index (χ1v) is 8.40. The van der Waals surface area contributed by atoms with Crippen LogP contribution >= 0.6 is 0 Å². The van der Waals surface area contributed by atoms with Crippen molar-refractivity contribution in [3.05, 3.63) is 59.2 Å². The Morgan fingerprint density at radius 3 is 2.58 bits per heavy atom. The van der Waals surface area contributed by atoms with Gasteiger partial charge in [-0.15, -0.1) is 0 Å². The third kappa shape index (κ3) is 3.44. The Hall–Kier alpha value is -2.79. The molecule has 0 amide bonds. The highest BCUT2D eigenvalue weighted by molar-refractivity contribution is 6.09. The minimum Gasteiger partial charge on any atom is -0.508 e. The molecule has 0 saturated heterocycles. The Morgan fingerprint density at radius 1 is 1.23 bits per heavy atom. The molecule has 5 heteroatoms. The number of carbonyl (C=O) groups is 1. The third-order valence-corrected chi connectivity index (χ3v) is 4.59. The number of ether oxygens (including phenoxy) is 2. The molecule has 2 N–H and O–H groups in total. The van der Waals surface area contributed by atoms with Crippen LogP contribution in [0.5, 0.6) is 17.2 Å². The summed E-state index contributed by atoms with van der Waals surface area (Å²) in [5, 5.41) is 19.6. The molecule has 136 valence electrons. The van der Waals surface area contributed by atoms with Crippen molar-refractivity contribution < 1.29 is 24.5 Å². The molecule has 0 radical (unpaired) electrons. The average Bonchev–Trinajstić information content (AvgIpc) is 2.61. The van der Waals surface area contributed by atoms with Gasteiger partial charge in [0.2, 0.25) is 0 Å². The molecular weight excluding hydrogens is 332 g/mol. The summed E-state index contributed by atoms with van der Waals surface area (Å²) in [6.45, 7) is 3.58. The third-order valence-electron chi connectivity index (χ3n) is 4.59. The fourth-order valence-electron chi connectivity index (χ4n) is 2.92. The van der Waals surface area contributed by atoms with E-state index in [1.807, 2.05) is 0 Å². The number of methoxy groups -OCH3 is 1. The summed E-state index contributed by atoms with van der Waals surface area (Å²) < 4.78 is 11.3. The van der Waals surface area contributed by atoms with E-state index in [0.717, 1.165) is 5.56 Å². The standard InChI is InChI=1S/C21H22O5/c1-21(2)19(24)12-16-18(25-3)11-9-15(20(16)26-21)17(23)10-6-13-4-7-14(22)8-5-13/h4-11,19,22,24H,12H2,1-3H3. The van der Waals surface area contributed by atoms with Crippen molar-refractivity contribution in [2.24, 2.45) is 0 Å². The highest BCUT2D eigenvalue weighted by Crippen LogP contribution is 2.41. The first-order chi connectivity index (χ1) is 12.3. The van der Waals surface area contributed by atoms with Gasteiger partial charge in [-0.25, -0.2) is 0 Å². The summed E-state index contributed by atoms with van der Waals surface area (Å²) in [6.07, 6.45) is 2.81. The fourth-order valence-corrected chi connectivity index (χ4v) is 2.92. The molecule has 2 aromatic carbocycles. The molecule has 1 atom stereocenters. The molecule has 0 saturated carbocycles. The normalized spacial score (nSPS) is 18.2. The molecular formula is C21H22O5. The van der Waals surface area contributed by atoms with Crippen LogP contribution in [0.1, 0.15) is 35.3 Å². The quantitative estimate of drug-likeness (QED) is 0.650. The summed E-state index contributed by atoms with van der Waals surface area (Å²) in [4.78, 5) is 12.7. The van der Waals surface area contributed by atoms with Crippen molar-refractivity contribution in [3.63, 3.8) is 0 Å². The number of ketones is 1. The van der Waals surface area contributed by atoms with Crippen molar-refractivity contribution in [1.29, 1.82) is 0 Å². The van der Waals surface area contributed by atoms with Crippen LogP contribution in [0.4, 0.5) is 0 Å². The SMILES string of the molecule is COc1ccc(C(=O)C=Cc2ccc(O)cc2)c2c1CC(O)C(C)(C)O2. The fraction of sp³-hybridized carbons (Fsp3) is 0.286. The predicted molar refractivity (Wildman–Crippen MR) is 98.9 cm³/mol. The predicted octanol–water partition coefficient (Wildman–Crippen LogP) is 3.37. The van der Waals surface area contributed by atoms with Crippen LogP contribution in [0.25, 0.3) is 6.08 Å². The zero-order valence-corrected chi connectivity index (χ0v) is 15.0.